The highest BCUT2D eigenvalue weighted by Gasteiger charge is 2.23. The normalized spacial score (nSPS) is 28.2. The van der Waals surface area contributed by atoms with Gasteiger partial charge in [-0.15, -0.1) is 0 Å². The van der Waals surface area contributed by atoms with E-state index < -0.39 is 0 Å². The largest absolute Gasteiger partial charge is 0.448 e. The van der Waals surface area contributed by atoms with Gasteiger partial charge in [-0.3, -0.25) is 4.90 Å². The van der Waals surface area contributed by atoms with Crippen LogP contribution in [0.5, 0.6) is 0 Å². The van der Waals surface area contributed by atoms with Crippen LogP contribution in [0, 0.1) is 12.8 Å². The number of piperidine rings is 1. The Morgan fingerprint density at radius 2 is 2.47 bits per heavy atom. The van der Waals surface area contributed by atoms with Gasteiger partial charge >= 0.3 is 0 Å². The van der Waals surface area contributed by atoms with Gasteiger partial charge in [-0.1, -0.05) is 6.92 Å². The molecule has 1 aliphatic heterocycles. The highest BCUT2D eigenvalue weighted by Crippen LogP contribution is 2.17. The van der Waals surface area contributed by atoms with Crippen molar-refractivity contribution in [2.24, 2.45) is 11.7 Å². The van der Waals surface area contributed by atoms with Crippen LogP contribution in [0.15, 0.2) is 10.8 Å². The third-order valence-electron chi connectivity index (χ3n) is 3.27. The zero-order chi connectivity index (χ0) is 10.8. The molecular formula is C11H19N3O. The Hall–Kier alpha value is -0.870. The molecule has 0 bridgehead atoms. The summed E-state index contributed by atoms with van der Waals surface area (Å²) in [4.78, 5) is 6.62. The SMILES string of the molecule is Cc1ocnc1CN1CCC(N)C(C)C1. The lowest BCUT2D eigenvalue weighted by Gasteiger charge is -2.34. The van der Waals surface area contributed by atoms with E-state index in [2.05, 4.69) is 16.8 Å². The zero-order valence-electron chi connectivity index (χ0n) is 9.44. The van der Waals surface area contributed by atoms with Crippen LogP contribution in [-0.2, 0) is 6.54 Å². The summed E-state index contributed by atoms with van der Waals surface area (Å²) in [5.74, 6) is 1.50. The van der Waals surface area contributed by atoms with Crippen molar-refractivity contribution >= 4 is 0 Å². The van der Waals surface area contributed by atoms with Crippen molar-refractivity contribution in [3.8, 4) is 0 Å². The minimum Gasteiger partial charge on any atom is -0.448 e. The molecule has 15 heavy (non-hydrogen) atoms. The Bertz CT molecular complexity index is 323. The van der Waals surface area contributed by atoms with E-state index in [1.54, 1.807) is 0 Å². The maximum atomic E-state index is 5.98. The Kier molecular flexibility index (Phi) is 3.07. The van der Waals surface area contributed by atoms with Crippen molar-refractivity contribution < 1.29 is 4.42 Å². The van der Waals surface area contributed by atoms with Crippen molar-refractivity contribution in [2.45, 2.75) is 32.9 Å². The van der Waals surface area contributed by atoms with E-state index in [0.29, 0.717) is 12.0 Å². The molecule has 2 atom stereocenters. The van der Waals surface area contributed by atoms with Crippen LogP contribution in [0.1, 0.15) is 24.8 Å². The topological polar surface area (TPSA) is 55.3 Å². The molecule has 2 unspecified atom stereocenters. The minimum atomic E-state index is 0.361. The summed E-state index contributed by atoms with van der Waals surface area (Å²) >= 11 is 0. The summed E-state index contributed by atoms with van der Waals surface area (Å²) < 4.78 is 5.19. The zero-order valence-corrected chi connectivity index (χ0v) is 9.44. The van der Waals surface area contributed by atoms with Gasteiger partial charge in [-0.05, 0) is 19.3 Å². The molecule has 0 aliphatic carbocycles. The van der Waals surface area contributed by atoms with Gasteiger partial charge in [-0.25, -0.2) is 4.98 Å². The number of hydrogen-bond acceptors (Lipinski definition) is 4. The average Bonchev–Trinajstić information content (AvgIpc) is 2.59. The predicted octanol–water partition coefficient (Wildman–Crippen LogP) is 1.15. The molecule has 2 heterocycles. The number of nitrogens with zero attached hydrogens (tertiary/aromatic N) is 2. The van der Waals surface area contributed by atoms with Crippen LogP contribution in [0.3, 0.4) is 0 Å². The molecule has 1 saturated heterocycles. The van der Waals surface area contributed by atoms with Gasteiger partial charge in [0.2, 0.25) is 0 Å². The van der Waals surface area contributed by atoms with Gasteiger partial charge in [-0.2, -0.15) is 0 Å². The van der Waals surface area contributed by atoms with Gasteiger partial charge in [0.1, 0.15) is 5.76 Å². The molecule has 4 heteroatoms. The Balaban J connectivity index is 1.94. The fourth-order valence-corrected chi connectivity index (χ4v) is 2.09. The van der Waals surface area contributed by atoms with E-state index in [-0.39, 0.29) is 0 Å². The summed E-state index contributed by atoms with van der Waals surface area (Å²) in [5, 5.41) is 0. The Labute approximate surface area is 90.5 Å². The van der Waals surface area contributed by atoms with Crippen molar-refractivity contribution in [1.29, 1.82) is 0 Å². The van der Waals surface area contributed by atoms with Crippen molar-refractivity contribution in [3.05, 3.63) is 17.8 Å². The third kappa shape index (κ3) is 2.38. The van der Waals surface area contributed by atoms with Gasteiger partial charge < -0.3 is 10.2 Å². The van der Waals surface area contributed by atoms with Crippen LogP contribution >= 0.6 is 0 Å². The van der Waals surface area contributed by atoms with Gasteiger partial charge in [0, 0.05) is 25.7 Å². The summed E-state index contributed by atoms with van der Waals surface area (Å²) in [6.45, 7) is 7.19. The van der Waals surface area contributed by atoms with Gasteiger partial charge in [0.15, 0.2) is 6.39 Å². The average molecular weight is 209 g/mol. The van der Waals surface area contributed by atoms with Crippen LogP contribution < -0.4 is 5.73 Å². The predicted molar refractivity (Wildman–Crippen MR) is 58.3 cm³/mol. The van der Waals surface area contributed by atoms with Crippen LogP contribution in [0.4, 0.5) is 0 Å². The first-order chi connectivity index (χ1) is 7.16. The first-order valence-corrected chi connectivity index (χ1v) is 5.53. The first kappa shape index (κ1) is 10.6. The number of aromatic nitrogens is 1. The molecule has 1 aromatic heterocycles. The molecule has 84 valence electrons. The van der Waals surface area contributed by atoms with E-state index in [1.807, 2.05) is 6.92 Å². The minimum absolute atomic E-state index is 0.361. The number of nitrogens with two attached hydrogens (primary N) is 1. The molecule has 1 fully saturated rings. The maximum Gasteiger partial charge on any atom is 0.181 e. The molecule has 2 N–H and O–H groups in total. The monoisotopic (exact) mass is 209 g/mol. The molecule has 1 aliphatic rings. The van der Waals surface area contributed by atoms with Crippen molar-refractivity contribution in [2.75, 3.05) is 13.1 Å². The lowest BCUT2D eigenvalue weighted by atomic mass is 9.95. The van der Waals surface area contributed by atoms with Crippen LogP contribution in [0.2, 0.25) is 0 Å². The fourth-order valence-electron chi connectivity index (χ4n) is 2.09. The number of rotatable bonds is 2. The van der Waals surface area contributed by atoms with E-state index in [4.69, 9.17) is 10.2 Å². The number of hydrogen-bond donors (Lipinski definition) is 1. The highest BCUT2D eigenvalue weighted by molar-refractivity contribution is 5.04. The van der Waals surface area contributed by atoms with E-state index in [1.165, 1.54) is 6.39 Å². The first-order valence-electron chi connectivity index (χ1n) is 5.53. The standard InChI is InChI=1S/C11H19N3O/c1-8-5-14(4-3-10(8)12)6-11-9(2)15-7-13-11/h7-8,10H,3-6,12H2,1-2H3. The second-order valence-corrected chi connectivity index (χ2v) is 4.52. The van der Waals surface area contributed by atoms with Crippen LogP contribution in [-0.4, -0.2) is 29.0 Å². The van der Waals surface area contributed by atoms with E-state index in [0.717, 1.165) is 37.5 Å². The third-order valence-corrected chi connectivity index (χ3v) is 3.27. The number of oxazole rings is 1. The lowest BCUT2D eigenvalue weighted by molar-refractivity contribution is 0.156. The fraction of sp³-hybridized carbons (Fsp3) is 0.727. The quantitative estimate of drug-likeness (QED) is 0.794. The molecule has 4 nitrogen and oxygen atoms in total. The molecule has 0 spiro atoms. The molecule has 0 saturated carbocycles. The molecule has 0 radical (unpaired) electrons. The molecule has 0 amide bonds. The second-order valence-electron chi connectivity index (χ2n) is 4.52. The summed E-state index contributed by atoms with van der Waals surface area (Å²) in [6, 6.07) is 0.361. The summed E-state index contributed by atoms with van der Waals surface area (Å²) in [7, 11) is 0. The Morgan fingerprint density at radius 3 is 3.07 bits per heavy atom. The Morgan fingerprint density at radius 1 is 1.67 bits per heavy atom. The molecule has 1 aromatic rings. The molecule has 2 rings (SSSR count). The van der Waals surface area contributed by atoms with Gasteiger partial charge in [0.05, 0.1) is 5.69 Å². The molecule has 0 aromatic carbocycles. The van der Waals surface area contributed by atoms with Gasteiger partial charge in [0.25, 0.3) is 0 Å². The summed E-state index contributed by atoms with van der Waals surface area (Å²) in [5.41, 5.74) is 7.04. The smallest absolute Gasteiger partial charge is 0.181 e. The van der Waals surface area contributed by atoms with E-state index in [9.17, 15) is 0 Å². The highest BCUT2D eigenvalue weighted by atomic mass is 16.3. The van der Waals surface area contributed by atoms with E-state index >= 15 is 0 Å². The molecular weight excluding hydrogens is 190 g/mol. The van der Waals surface area contributed by atoms with Crippen LogP contribution in [0.25, 0.3) is 0 Å². The number of aryl methyl sites for hydroxylation is 1. The second kappa shape index (κ2) is 4.33. The maximum absolute atomic E-state index is 5.98. The lowest BCUT2D eigenvalue weighted by Crippen LogP contribution is -2.45. The van der Waals surface area contributed by atoms with Crippen molar-refractivity contribution in [1.82, 2.24) is 9.88 Å². The summed E-state index contributed by atoms with van der Waals surface area (Å²) in [6.07, 6.45) is 2.60. The van der Waals surface area contributed by atoms with Crippen molar-refractivity contribution in [3.63, 3.8) is 0 Å². The number of likely N-dealkylation sites (tertiary alicyclic amines) is 1.